The van der Waals surface area contributed by atoms with Crippen LogP contribution >= 0.6 is 0 Å². The largest absolute Gasteiger partial charge is 0.368 e. The van der Waals surface area contributed by atoms with E-state index in [-0.39, 0.29) is 30.0 Å². The number of carbonyl (C=O) groups is 1. The van der Waals surface area contributed by atoms with E-state index >= 15 is 0 Å². The summed E-state index contributed by atoms with van der Waals surface area (Å²) in [5, 5.41) is 2.82. The molecule has 1 N–H and O–H groups in total. The molecule has 0 radical (unpaired) electrons. The van der Waals surface area contributed by atoms with Crippen LogP contribution in [0.1, 0.15) is 26.3 Å². The first kappa shape index (κ1) is 17.9. The smallest absolute Gasteiger partial charge is 0.216 e. The minimum Gasteiger partial charge on any atom is -0.368 e. The summed E-state index contributed by atoms with van der Waals surface area (Å²) in [7, 11) is 1.63. The van der Waals surface area contributed by atoms with Gasteiger partial charge >= 0.3 is 0 Å². The van der Waals surface area contributed by atoms with Crippen molar-refractivity contribution in [2.75, 3.05) is 13.7 Å². The third-order valence-corrected chi connectivity index (χ3v) is 4.58. The number of methoxy groups -OCH3 is 1. The molecule has 0 aliphatic carbocycles. The Labute approximate surface area is 138 Å². The van der Waals surface area contributed by atoms with Crippen molar-refractivity contribution in [1.82, 2.24) is 5.32 Å². The number of nitrogens with one attached hydrogen (secondary N) is 1. The quantitative estimate of drug-likeness (QED) is 0.874. The lowest BCUT2D eigenvalue weighted by Crippen LogP contribution is -2.54. The van der Waals surface area contributed by atoms with Crippen LogP contribution in [0.5, 0.6) is 0 Å². The third-order valence-electron chi connectivity index (χ3n) is 4.58. The molecule has 5 heteroatoms. The fraction of sp³-hybridized carbons (Fsp3) is 0.611. The predicted octanol–water partition coefficient (Wildman–Crippen LogP) is 2.35. The van der Waals surface area contributed by atoms with E-state index in [4.69, 9.17) is 14.2 Å². The van der Waals surface area contributed by atoms with Crippen LogP contribution in [0, 0.1) is 11.8 Å². The fourth-order valence-electron chi connectivity index (χ4n) is 2.92. The Hall–Kier alpha value is -1.43. The molecule has 1 amide bonds. The van der Waals surface area contributed by atoms with Gasteiger partial charge in [0.25, 0.3) is 0 Å². The summed E-state index contributed by atoms with van der Waals surface area (Å²) in [5.74, 6) is 0.468. The first-order chi connectivity index (χ1) is 11.0. The summed E-state index contributed by atoms with van der Waals surface area (Å²) in [6, 6.07) is 10.1. The van der Waals surface area contributed by atoms with E-state index < -0.39 is 6.29 Å². The first-order valence-corrected chi connectivity index (χ1v) is 8.11. The van der Waals surface area contributed by atoms with Crippen LogP contribution in [0.2, 0.25) is 0 Å². The van der Waals surface area contributed by atoms with Crippen LogP contribution in [-0.2, 0) is 25.6 Å². The zero-order valence-corrected chi connectivity index (χ0v) is 14.3. The summed E-state index contributed by atoms with van der Waals surface area (Å²) in [6.45, 7) is 6.81. The predicted molar refractivity (Wildman–Crippen MR) is 87.7 cm³/mol. The number of hydrogen-bond acceptors (Lipinski definition) is 4. The van der Waals surface area contributed by atoms with Crippen molar-refractivity contribution in [1.29, 1.82) is 0 Å². The molecule has 128 valence electrons. The van der Waals surface area contributed by atoms with Gasteiger partial charge in [-0.3, -0.25) is 4.79 Å². The summed E-state index contributed by atoms with van der Waals surface area (Å²) in [5.41, 5.74) is 1.13. The second-order valence-electron chi connectivity index (χ2n) is 6.20. The van der Waals surface area contributed by atoms with Gasteiger partial charge in [0.2, 0.25) is 5.91 Å². The molecule has 0 spiro atoms. The van der Waals surface area contributed by atoms with E-state index in [1.54, 1.807) is 7.11 Å². The average molecular weight is 321 g/mol. The summed E-state index contributed by atoms with van der Waals surface area (Å²) < 4.78 is 17.6. The number of hydrogen-bond donors (Lipinski definition) is 1. The number of carbonyl (C=O) groups excluding carboxylic acids is 1. The van der Waals surface area contributed by atoms with Crippen molar-refractivity contribution in [3.05, 3.63) is 35.9 Å². The normalized spacial score (nSPS) is 30.9. The minimum absolute atomic E-state index is 0.0510. The lowest BCUT2D eigenvalue weighted by atomic mass is 9.83. The van der Waals surface area contributed by atoms with E-state index in [2.05, 4.69) is 19.2 Å². The Bertz CT molecular complexity index is 491. The maximum Gasteiger partial charge on any atom is 0.216 e. The van der Waals surface area contributed by atoms with Crippen molar-refractivity contribution in [3.8, 4) is 0 Å². The molecule has 1 saturated heterocycles. The van der Waals surface area contributed by atoms with Crippen LogP contribution in [-0.4, -0.2) is 38.1 Å². The molecule has 0 aromatic heterocycles. The Balaban J connectivity index is 1.98. The Morgan fingerprint density at radius 3 is 2.52 bits per heavy atom. The van der Waals surface area contributed by atoms with Gasteiger partial charge in [-0.2, -0.15) is 0 Å². The van der Waals surface area contributed by atoms with Gasteiger partial charge in [-0.1, -0.05) is 44.2 Å². The maximum atomic E-state index is 11.1. The SMILES string of the molecule is COC1OC(CNC(C)=O)C(C)C(C)C1OCc1ccccc1. The second-order valence-corrected chi connectivity index (χ2v) is 6.20. The van der Waals surface area contributed by atoms with E-state index in [9.17, 15) is 4.79 Å². The van der Waals surface area contributed by atoms with E-state index in [1.807, 2.05) is 30.3 Å². The topological polar surface area (TPSA) is 56.8 Å². The van der Waals surface area contributed by atoms with Crippen LogP contribution in [0.25, 0.3) is 0 Å². The third kappa shape index (κ3) is 4.77. The summed E-state index contributed by atoms with van der Waals surface area (Å²) >= 11 is 0. The van der Waals surface area contributed by atoms with Gasteiger partial charge < -0.3 is 19.5 Å². The van der Waals surface area contributed by atoms with Gasteiger partial charge in [0.1, 0.15) is 6.10 Å². The molecule has 1 fully saturated rings. The zero-order valence-electron chi connectivity index (χ0n) is 14.3. The number of ether oxygens (including phenoxy) is 3. The molecule has 1 aromatic carbocycles. The standard InChI is InChI=1S/C18H27NO4/c1-12-13(2)17(22-11-15-8-6-5-7-9-15)18(21-4)23-16(12)10-19-14(3)20/h5-9,12-13,16-18H,10-11H2,1-4H3,(H,19,20). The highest BCUT2D eigenvalue weighted by atomic mass is 16.7. The first-order valence-electron chi connectivity index (χ1n) is 8.11. The van der Waals surface area contributed by atoms with Crippen molar-refractivity contribution >= 4 is 5.91 Å². The molecule has 1 heterocycles. The molecule has 1 aliphatic heterocycles. The maximum absolute atomic E-state index is 11.1. The lowest BCUT2D eigenvalue weighted by molar-refractivity contribution is -0.273. The molecule has 23 heavy (non-hydrogen) atoms. The van der Waals surface area contributed by atoms with Crippen LogP contribution in [0.4, 0.5) is 0 Å². The molecule has 0 bridgehead atoms. The molecule has 0 saturated carbocycles. The molecule has 2 rings (SSSR count). The second kappa shape index (κ2) is 8.43. The Kier molecular flexibility index (Phi) is 6.57. The molecule has 5 atom stereocenters. The van der Waals surface area contributed by atoms with Crippen molar-refractivity contribution in [3.63, 3.8) is 0 Å². The van der Waals surface area contributed by atoms with Crippen LogP contribution in [0.3, 0.4) is 0 Å². The van der Waals surface area contributed by atoms with Gasteiger partial charge in [0, 0.05) is 20.6 Å². The average Bonchev–Trinajstić information content (AvgIpc) is 2.55. The molecule has 1 aliphatic rings. The molecule has 1 aromatic rings. The molecule has 5 nitrogen and oxygen atoms in total. The van der Waals surface area contributed by atoms with Gasteiger partial charge in [0.05, 0.1) is 12.7 Å². The highest BCUT2D eigenvalue weighted by Crippen LogP contribution is 2.33. The minimum atomic E-state index is -0.427. The Morgan fingerprint density at radius 1 is 1.22 bits per heavy atom. The van der Waals surface area contributed by atoms with E-state index in [1.165, 1.54) is 6.92 Å². The summed E-state index contributed by atoms with van der Waals surface area (Å²) in [6.07, 6.45) is -0.636. The van der Waals surface area contributed by atoms with E-state index in [0.29, 0.717) is 13.2 Å². The number of benzene rings is 1. The zero-order chi connectivity index (χ0) is 16.8. The Morgan fingerprint density at radius 2 is 1.91 bits per heavy atom. The van der Waals surface area contributed by atoms with Gasteiger partial charge in [-0.15, -0.1) is 0 Å². The fourth-order valence-corrected chi connectivity index (χ4v) is 2.92. The van der Waals surface area contributed by atoms with Gasteiger partial charge in [-0.25, -0.2) is 0 Å². The highest BCUT2D eigenvalue weighted by molar-refractivity contribution is 5.72. The molecule has 5 unspecified atom stereocenters. The van der Waals surface area contributed by atoms with Crippen molar-refractivity contribution in [2.45, 2.75) is 45.9 Å². The highest BCUT2D eigenvalue weighted by Gasteiger charge is 2.42. The van der Waals surface area contributed by atoms with Gasteiger partial charge in [-0.05, 0) is 17.4 Å². The monoisotopic (exact) mass is 321 g/mol. The van der Waals surface area contributed by atoms with Crippen LogP contribution in [0.15, 0.2) is 30.3 Å². The van der Waals surface area contributed by atoms with Gasteiger partial charge in [0.15, 0.2) is 6.29 Å². The van der Waals surface area contributed by atoms with Crippen molar-refractivity contribution in [2.24, 2.45) is 11.8 Å². The number of amides is 1. The number of rotatable bonds is 6. The van der Waals surface area contributed by atoms with E-state index in [0.717, 1.165) is 5.56 Å². The van der Waals surface area contributed by atoms with Crippen LogP contribution < -0.4 is 5.32 Å². The lowest BCUT2D eigenvalue weighted by Gasteiger charge is -2.44. The molecular weight excluding hydrogens is 294 g/mol. The molecular formula is C18H27NO4. The van der Waals surface area contributed by atoms with Crippen molar-refractivity contribution < 1.29 is 19.0 Å². The summed E-state index contributed by atoms with van der Waals surface area (Å²) in [4.78, 5) is 11.1.